The molecule has 2 fully saturated rings. The van der Waals surface area contributed by atoms with Crippen LogP contribution in [0.3, 0.4) is 0 Å². The van der Waals surface area contributed by atoms with Gasteiger partial charge in [-0.3, -0.25) is 4.79 Å². The van der Waals surface area contributed by atoms with Crippen LogP contribution >= 0.6 is 0 Å². The normalized spacial score (nSPS) is 19.4. The summed E-state index contributed by atoms with van der Waals surface area (Å²) in [6.07, 6.45) is 6.54. The van der Waals surface area contributed by atoms with Gasteiger partial charge in [0.25, 0.3) is 0 Å². The lowest BCUT2D eigenvalue weighted by molar-refractivity contribution is -0.132. The minimum Gasteiger partial charge on any atom is -0.343 e. The molecule has 1 amide bonds. The molecule has 0 unspecified atom stereocenters. The van der Waals surface area contributed by atoms with Crippen molar-refractivity contribution in [2.75, 3.05) is 19.6 Å². The second kappa shape index (κ2) is 7.28. The molecule has 0 spiro atoms. The molecule has 22 heavy (non-hydrogen) atoms. The van der Waals surface area contributed by atoms with Crippen LogP contribution in [0.4, 0.5) is 0 Å². The summed E-state index contributed by atoms with van der Waals surface area (Å²) in [7, 11) is 0. The molecule has 1 N–H and O–H groups in total. The van der Waals surface area contributed by atoms with Gasteiger partial charge in [0.2, 0.25) is 5.91 Å². The quantitative estimate of drug-likeness (QED) is 0.876. The van der Waals surface area contributed by atoms with Crippen molar-refractivity contribution in [2.24, 2.45) is 5.92 Å². The molecule has 1 saturated heterocycles. The summed E-state index contributed by atoms with van der Waals surface area (Å²) in [5, 5.41) is 3.67. The monoisotopic (exact) mass is 300 g/mol. The van der Waals surface area contributed by atoms with Crippen molar-refractivity contribution in [2.45, 2.75) is 51.5 Å². The second-order valence-corrected chi connectivity index (χ2v) is 6.99. The third kappa shape index (κ3) is 4.57. The Bertz CT molecular complexity index is 485. The van der Waals surface area contributed by atoms with E-state index in [9.17, 15) is 4.79 Å². The van der Waals surface area contributed by atoms with Crippen LogP contribution in [0.2, 0.25) is 0 Å². The van der Waals surface area contributed by atoms with Gasteiger partial charge in [-0.25, -0.2) is 0 Å². The number of piperidine rings is 1. The lowest BCUT2D eigenvalue weighted by Gasteiger charge is -2.32. The van der Waals surface area contributed by atoms with Gasteiger partial charge in [0.15, 0.2) is 0 Å². The number of benzene rings is 1. The number of aryl methyl sites for hydroxylation is 2. The maximum absolute atomic E-state index is 12.3. The molecule has 1 heterocycles. The molecule has 0 atom stereocenters. The highest BCUT2D eigenvalue weighted by atomic mass is 16.2. The highest BCUT2D eigenvalue weighted by Crippen LogP contribution is 2.28. The number of hydrogen-bond acceptors (Lipinski definition) is 2. The standard InChI is InChI=1S/C19H28N2O/c1-15-2-4-16(5-3-15)8-9-19(22)21-12-10-18(11-13-21)20-14-17-6-7-17/h2-5,17-18,20H,6-14H2,1H3. The van der Waals surface area contributed by atoms with Gasteiger partial charge in [0.1, 0.15) is 0 Å². The fourth-order valence-electron chi connectivity index (χ4n) is 3.15. The predicted molar refractivity (Wildman–Crippen MR) is 89.8 cm³/mol. The van der Waals surface area contributed by atoms with Crippen LogP contribution in [0.1, 0.15) is 43.2 Å². The first kappa shape index (κ1) is 15.5. The average Bonchev–Trinajstić information content (AvgIpc) is 3.37. The van der Waals surface area contributed by atoms with E-state index in [-0.39, 0.29) is 0 Å². The molecular formula is C19H28N2O. The fraction of sp³-hybridized carbons (Fsp3) is 0.632. The molecule has 3 nitrogen and oxygen atoms in total. The van der Waals surface area contributed by atoms with Gasteiger partial charge in [-0.1, -0.05) is 29.8 Å². The third-order valence-corrected chi connectivity index (χ3v) is 4.99. The molecular weight excluding hydrogens is 272 g/mol. The van der Waals surface area contributed by atoms with Crippen molar-refractivity contribution >= 4 is 5.91 Å². The van der Waals surface area contributed by atoms with E-state index in [1.165, 1.54) is 30.5 Å². The summed E-state index contributed by atoms with van der Waals surface area (Å²) in [4.78, 5) is 14.4. The van der Waals surface area contributed by atoms with Crippen molar-refractivity contribution < 1.29 is 4.79 Å². The van der Waals surface area contributed by atoms with Gasteiger partial charge in [-0.05, 0) is 57.1 Å². The van der Waals surface area contributed by atoms with E-state index >= 15 is 0 Å². The second-order valence-electron chi connectivity index (χ2n) is 6.99. The molecule has 1 aromatic rings. The number of carbonyl (C=O) groups excluding carboxylic acids is 1. The average molecular weight is 300 g/mol. The smallest absolute Gasteiger partial charge is 0.222 e. The van der Waals surface area contributed by atoms with Gasteiger partial charge in [0.05, 0.1) is 0 Å². The van der Waals surface area contributed by atoms with Crippen LogP contribution in [0.5, 0.6) is 0 Å². The molecule has 0 radical (unpaired) electrons. The zero-order chi connectivity index (χ0) is 15.4. The van der Waals surface area contributed by atoms with E-state index in [0.29, 0.717) is 18.4 Å². The van der Waals surface area contributed by atoms with E-state index in [0.717, 1.165) is 38.3 Å². The molecule has 1 aromatic carbocycles. The predicted octanol–water partition coefficient (Wildman–Crippen LogP) is 2.92. The van der Waals surface area contributed by atoms with Gasteiger partial charge in [-0.2, -0.15) is 0 Å². The first-order chi connectivity index (χ1) is 10.7. The minimum atomic E-state index is 0.321. The Morgan fingerprint density at radius 3 is 2.45 bits per heavy atom. The zero-order valence-corrected chi connectivity index (χ0v) is 13.7. The molecule has 3 heteroatoms. The molecule has 1 aliphatic carbocycles. The maximum atomic E-state index is 12.3. The van der Waals surface area contributed by atoms with Gasteiger partial charge in [0, 0.05) is 25.6 Å². The van der Waals surface area contributed by atoms with Crippen molar-refractivity contribution in [1.29, 1.82) is 0 Å². The van der Waals surface area contributed by atoms with E-state index in [1.54, 1.807) is 0 Å². The van der Waals surface area contributed by atoms with Crippen molar-refractivity contribution in [1.82, 2.24) is 10.2 Å². The van der Waals surface area contributed by atoms with Crippen LogP contribution in [0.25, 0.3) is 0 Å². The molecule has 0 bridgehead atoms. The zero-order valence-electron chi connectivity index (χ0n) is 13.7. The molecule has 1 saturated carbocycles. The molecule has 0 aromatic heterocycles. The SMILES string of the molecule is Cc1ccc(CCC(=O)N2CCC(NCC3CC3)CC2)cc1. The summed E-state index contributed by atoms with van der Waals surface area (Å²) in [5.41, 5.74) is 2.54. The maximum Gasteiger partial charge on any atom is 0.222 e. The number of carbonyl (C=O) groups is 1. The summed E-state index contributed by atoms with van der Waals surface area (Å²) in [6, 6.07) is 9.14. The van der Waals surface area contributed by atoms with Crippen LogP contribution in [-0.4, -0.2) is 36.5 Å². The van der Waals surface area contributed by atoms with Crippen LogP contribution in [0.15, 0.2) is 24.3 Å². The fourth-order valence-corrected chi connectivity index (χ4v) is 3.15. The highest BCUT2D eigenvalue weighted by Gasteiger charge is 2.25. The minimum absolute atomic E-state index is 0.321. The Morgan fingerprint density at radius 2 is 1.82 bits per heavy atom. The van der Waals surface area contributed by atoms with Crippen molar-refractivity contribution in [3.63, 3.8) is 0 Å². The topological polar surface area (TPSA) is 32.3 Å². The number of hydrogen-bond donors (Lipinski definition) is 1. The Hall–Kier alpha value is -1.35. The van der Waals surface area contributed by atoms with Crippen LogP contribution < -0.4 is 5.32 Å². The van der Waals surface area contributed by atoms with Gasteiger partial charge in [-0.15, -0.1) is 0 Å². The number of nitrogens with one attached hydrogen (secondary N) is 1. The lowest BCUT2D eigenvalue weighted by atomic mass is 10.0. The Kier molecular flexibility index (Phi) is 5.14. The van der Waals surface area contributed by atoms with Crippen molar-refractivity contribution in [3.05, 3.63) is 35.4 Å². The molecule has 3 rings (SSSR count). The highest BCUT2D eigenvalue weighted by molar-refractivity contribution is 5.76. The summed E-state index contributed by atoms with van der Waals surface area (Å²) >= 11 is 0. The van der Waals surface area contributed by atoms with Gasteiger partial charge >= 0.3 is 0 Å². The number of amides is 1. The Morgan fingerprint density at radius 1 is 1.14 bits per heavy atom. The number of rotatable bonds is 6. The molecule has 120 valence electrons. The molecule has 1 aliphatic heterocycles. The lowest BCUT2D eigenvalue weighted by Crippen LogP contribution is -2.45. The summed E-state index contributed by atoms with van der Waals surface area (Å²) in [5.74, 6) is 1.26. The number of nitrogens with zero attached hydrogens (tertiary/aromatic N) is 1. The Labute approximate surface area is 134 Å². The van der Waals surface area contributed by atoms with Gasteiger partial charge < -0.3 is 10.2 Å². The molecule has 2 aliphatic rings. The number of likely N-dealkylation sites (tertiary alicyclic amines) is 1. The van der Waals surface area contributed by atoms with Crippen LogP contribution in [-0.2, 0) is 11.2 Å². The summed E-state index contributed by atoms with van der Waals surface area (Å²) in [6.45, 7) is 5.13. The summed E-state index contributed by atoms with van der Waals surface area (Å²) < 4.78 is 0. The third-order valence-electron chi connectivity index (χ3n) is 4.99. The van der Waals surface area contributed by atoms with E-state index in [1.807, 2.05) is 0 Å². The largest absolute Gasteiger partial charge is 0.343 e. The first-order valence-electron chi connectivity index (χ1n) is 8.77. The van der Waals surface area contributed by atoms with Crippen LogP contribution in [0, 0.1) is 12.8 Å². The Balaban J connectivity index is 1.36. The first-order valence-corrected chi connectivity index (χ1v) is 8.77. The van der Waals surface area contributed by atoms with E-state index in [4.69, 9.17) is 0 Å². The van der Waals surface area contributed by atoms with E-state index < -0.39 is 0 Å². The van der Waals surface area contributed by atoms with E-state index in [2.05, 4.69) is 41.4 Å². The van der Waals surface area contributed by atoms with Crippen molar-refractivity contribution in [3.8, 4) is 0 Å².